The Morgan fingerprint density at radius 2 is 1.91 bits per heavy atom. The van der Waals surface area contributed by atoms with E-state index in [2.05, 4.69) is 32.2 Å². The molecule has 4 heteroatoms. The van der Waals surface area contributed by atoms with Gasteiger partial charge < -0.3 is 15.0 Å². The van der Waals surface area contributed by atoms with Crippen molar-refractivity contribution in [3.63, 3.8) is 0 Å². The quantitative estimate of drug-likeness (QED) is 0.877. The van der Waals surface area contributed by atoms with Crippen LogP contribution < -0.4 is 10.1 Å². The summed E-state index contributed by atoms with van der Waals surface area (Å²) in [7, 11) is 0. The van der Waals surface area contributed by atoms with Gasteiger partial charge in [0.15, 0.2) is 0 Å². The van der Waals surface area contributed by atoms with Gasteiger partial charge in [-0.1, -0.05) is 0 Å². The molecule has 1 saturated heterocycles. The predicted octanol–water partition coefficient (Wildman–Crippen LogP) is 2.77. The largest absolute Gasteiger partial charge is 0.494 e. The molecule has 1 amide bonds. The van der Waals surface area contributed by atoms with Crippen molar-refractivity contribution in [2.45, 2.75) is 47.0 Å². The van der Waals surface area contributed by atoms with E-state index in [-0.39, 0.29) is 0 Å². The Kier molecular flexibility index (Phi) is 6.46. The molecule has 0 radical (unpaired) electrons. The molecule has 4 nitrogen and oxygen atoms in total. The van der Waals surface area contributed by atoms with Gasteiger partial charge in [0.25, 0.3) is 0 Å². The fourth-order valence-electron chi connectivity index (χ4n) is 3.28. The van der Waals surface area contributed by atoms with Gasteiger partial charge in [-0.25, -0.2) is 0 Å². The molecule has 1 N–H and O–H groups in total. The average Bonchev–Trinajstić information content (AvgIpc) is 2.56. The lowest BCUT2D eigenvalue weighted by atomic mass is 9.93. The van der Waals surface area contributed by atoms with Crippen molar-refractivity contribution >= 4 is 5.91 Å². The van der Waals surface area contributed by atoms with Gasteiger partial charge in [-0.3, -0.25) is 4.79 Å². The van der Waals surface area contributed by atoms with E-state index in [9.17, 15) is 4.79 Å². The molecule has 0 aliphatic carbocycles. The summed E-state index contributed by atoms with van der Waals surface area (Å²) in [6, 6.07) is 2.14. The fourth-order valence-corrected chi connectivity index (χ4v) is 3.28. The van der Waals surface area contributed by atoms with Gasteiger partial charge in [-0.15, -0.1) is 0 Å². The highest BCUT2D eigenvalue weighted by Gasteiger charge is 2.16. The molecule has 0 saturated carbocycles. The molecule has 23 heavy (non-hydrogen) atoms. The maximum Gasteiger partial charge on any atom is 0.222 e. The zero-order chi connectivity index (χ0) is 16.8. The molecule has 1 fully saturated rings. The minimum atomic E-state index is 0.296. The summed E-state index contributed by atoms with van der Waals surface area (Å²) in [6.07, 6.45) is 2.52. The van der Waals surface area contributed by atoms with E-state index in [0.717, 1.165) is 44.8 Å². The summed E-state index contributed by atoms with van der Waals surface area (Å²) in [5.74, 6) is 1.28. The van der Waals surface area contributed by atoms with Gasteiger partial charge in [0, 0.05) is 32.6 Å². The van der Waals surface area contributed by atoms with Crippen LogP contribution >= 0.6 is 0 Å². The Labute approximate surface area is 140 Å². The van der Waals surface area contributed by atoms with Gasteiger partial charge in [-0.2, -0.15) is 0 Å². The number of hydrogen-bond donors (Lipinski definition) is 1. The van der Waals surface area contributed by atoms with Crippen LogP contribution in [-0.2, 0) is 11.2 Å². The lowest BCUT2D eigenvalue weighted by Gasteiger charge is -2.27. The molecule has 0 bridgehead atoms. The number of rotatable bonds is 6. The second-order valence-electron chi connectivity index (χ2n) is 6.34. The Morgan fingerprint density at radius 3 is 2.57 bits per heavy atom. The van der Waals surface area contributed by atoms with Crippen LogP contribution in [0.1, 0.15) is 42.0 Å². The van der Waals surface area contributed by atoms with E-state index in [1.165, 1.54) is 22.3 Å². The lowest BCUT2D eigenvalue weighted by Crippen LogP contribution is -2.46. The highest BCUT2D eigenvalue weighted by atomic mass is 16.5. The minimum Gasteiger partial charge on any atom is -0.494 e. The minimum absolute atomic E-state index is 0.296. The van der Waals surface area contributed by atoms with Crippen molar-refractivity contribution in [2.75, 3.05) is 32.8 Å². The smallest absolute Gasteiger partial charge is 0.222 e. The molecule has 1 aliphatic rings. The molecule has 1 heterocycles. The monoisotopic (exact) mass is 318 g/mol. The van der Waals surface area contributed by atoms with Crippen LogP contribution in [0.25, 0.3) is 0 Å². The summed E-state index contributed by atoms with van der Waals surface area (Å²) in [5, 5.41) is 3.28. The first kappa shape index (κ1) is 17.8. The number of carbonyl (C=O) groups excluding carboxylic acids is 1. The van der Waals surface area contributed by atoms with E-state index in [1.807, 2.05) is 11.8 Å². The number of carbonyl (C=O) groups is 1. The third-order valence-electron chi connectivity index (χ3n) is 4.80. The maximum absolute atomic E-state index is 12.2. The van der Waals surface area contributed by atoms with E-state index >= 15 is 0 Å². The Balaban J connectivity index is 1.95. The summed E-state index contributed by atoms with van der Waals surface area (Å²) < 4.78 is 5.71. The summed E-state index contributed by atoms with van der Waals surface area (Å²) in [6.45, 7) is 12.7. The summed E-state index contributed by atoms with van der Waals surface area (Å²) in [4.78, 5) is 14.2. The fraction of sp³-hybridized carbons (Fsp3) is 0.632. The maximum atomic E-state index is 12.2. The second-order valence-corrected chi connectivity index (χ2v) is 6.34. The molecule has 1 aliphatic heterocycles. The van der Waals surface area contributed by atoms with Gasteiger partial charge >= 0.3 is 0 Å². The molecule has 0 atom stereocenters. The van der Waals surface area contributed by atoms with Crippen LogP contribution in [0.3, 0.4) is 0 Å². The molecule has 128 valence electrons. The zero-order valence-corrected chi connectivity index (χ0v) is 15.0. The first-order valence-corrected chi connectivity index (χ1v) is 8.75. The molecule has 2 rings (SSSR count). The van der Waals surface area contributed by atoms with Gasteiger partial charge in [0.05, 0.1) is 6.61 Å². The third kappa shape index (κ3) is 4.47. The number of hydrogen-bond acceptors (Lipinski definition) is 3. The normalized spacial score (nSPS) is 14.9. The van der Waals surface area contributed by atoms with Crippen molar-refractivity contribution in [1.82, 2.24) is 10.2 Å². The first-order valence-electron chi connectivity index (χ1n) is 8.75. The second kappa shape index (κ2) is 8.34. The number of piperazine rings is 1. The Bertz CT molecular complexity index is 549. The molecule has 1 aromatic rings. The Hall–Kier alpha value is -1.55. The van der Waals surface area contributed by atoms with Crippen molar-refractivity contribution in [2.24, 2.45) is 0 Å². The highest BCUT2D eigenvalue weighted by molar-refractivity contribution is 5.76. The summed E-state index contributed by atoms with van der Waals surface area (Å²) in [5.41, 5.74) is 5.18. The van der Waals surface area contributed by atoms with Gasteiger partial charge in [0.2, 0.25) is 5.91 Å². The average molecular weight is 318 g/mol. The number of amides is 1. The van der Waals surface area contributed by atoms with Gasteiger partial charge in [0.1, 0.15) is 5.75 Å². The van der Waals surface area contributed by atoms with Gasteiger partial charge in [-0.05, 0) is 68.9 Å². The molecule has 0 aromatic heterocycles. The molecule has 0 spiro atoms. The predicted molar refractivity (Wildman–Crippen MR) is 94.2 cm³/mol. The van der Waals surface area contributed by atoms with E-state index < -0.39 is 0 Å². The van der Waals surface area contributed by atoms with Crippen molar-refractivity contribution in [3.8, 4) is 5.75 Å². The number of ether oxygens (including phenoxy) is 1. The van der Waals surface area contributed by atoms with Crippen molar-refractivity contribution in [1.29, 1.82) is 0 Å². The van der Waals surface area contributed by atoms with Crippen LogP contribution in [0.15, 0.2) is 6.07 Å². The van der Waals surface area contributed by atoms with Crippen molar-refractivity contribution < 1.29 is 9.53 Å². The number of benzene rings is 1. The van der Waals surface area contributed by atoms with Crippen LogP contribution in [0.5, 0.6) is 5.75 Å². The third-order valence-corrected chi connectivity index (χ3v) is 4.80. The number of nitrogens with one attached hydrogen (secondary N) is 1. The van der Waals surface area contributed by atoms with Crippen LogP contribution in [0.4, 0.5) is 0 Å². The SMILES string of the molecule is CCOc1cc(C)c(CCCC(=O)N2CCNCC2)c(C)c1C. The van der Waals surface area contributed by atoms with E-state index in [4.69, 9.17) is 4.74 Å². The Morgan fingerprint density at radius 1 is 1.22 bits per heavy atom. The van der Waals surface area contributed by atoms with E-state index in [1.54, 1.807) is 0 Å². The van der Waals surface area contributed by atoms with Crippen molar-refractivity contribution in [3.05, 3.63) is 28.3 Å². The number of nitrogens with zero attached hydrogens (tertiary/aromatic N) is 1. The highest BCUT2D eigenvalue weighted by Crippen LogP contribution is 2.28. The van der Waals surface area contributed by atoms with Crippen LogP contribution in [-0.4, -0.2) is 43.6 Å². The van der Waals surface area contributed by atoms with Crippen LogP contribution in [0, 0.1) is 20.8 Å². The molecule has 0 unspecified atom stereocenters. The molecular weight excluding hydrogens is 288 g/mol. The standard InChI is InChI=1S/C19H30N2O2/c1-5-23-18-13-14(2)17(15(3)16(18)4)7-6-8-19(22)21-11-9-20-10-12-21/h13,20H,5-12H2,1-4H3. The molecular formula is C19H30N2O2. The topological polar surface area (TPSA) is 41.6 Å². The zero-order valence-electron chi connectivity index (χ0n) is 15.0. The lowest BCUT2D eigenvalue weighted by molar-refractivity contribution is -0.131. The molecule has 1 aromatic carbocycles. The summed E-state index contributed by atoms with van der Waals surface area (Å²) >= 11 is 0. The number of aryl methyl sites for hydroxylation is 1. The van der Waals surface area contributed by atoms with E-state index in [0.29, 0.717) is 18.9 Å². The van der Waals surface area contributed by atoms with Crippen LogP contribution in [0.2, 0.25) is 0 Å². The first-order chi connectivity index (χ1) is 11.0.